The van der Waals surface area contributed by atoms with E-state index in [1.165, 1.54) is 28.4 Å². The second-order valence-corrected chi connectivity index (χ2v) is 9.54. The van der Waals surface area contributed by atoms with Gasteiger partial charge < -0.3 is 9.64 Å². The Morgan fingerprint density at radius 2 is 1.86 bits per heavy atom. The van der Waals surface area contributed by atoms with E-state index >= 15 is 0 Å². The lowest BCUT2D eigenvalue weighted by Gasteiger charge is -2.21. The summed E-state index contributed by atoms with van der Waals surface area (Å²) in [5, 5.41) is 0.800. The van der Waals surface area contributed by atoms with E-state index in [0.29, 0.717) is 28.7 Å². The van der Waals surface area contributed by atoms with Crippen LogP contribution < -0.4 is 4.74 Å². The first kappa shape index (κ1) is 21.9. The molecule has 0 N–H and O–H groups in total. The number of benzene rings is 2. The molecule has 0 saturated carbocycles. The van der Waals surface area contributed by atoms with Gasteiger partial charge in [0.05, 0.1) is 17.2 Å². The van der Waals surface area contributed by atoms with E-state index in [1.54, 1.807) is 31.3 Å². The summed E-state index contributed by atoms with van der Waals surface area (Å²) in [5.41, 5.74) is 0.956. The smallest absolute Gasteiger partial charge is 0.253 e. The Labute approximate surface area is 181 Å². The lowest BCUT2D eigenvalue weighted by atomic mass is 10.1. The lowest BCUT2D eigenvalue weighted by molar-refractivity contribution is 0.0785. The zero-order chi connectivity index (χ0) is 21.2. The second-order valence-electron chi connectivity index (χ2n) is 6.85. The molecule has 0 aromatic heterocycles. The van der Waals surface area contributed by atoms with Gasteiger partial charge in [0.2, 0.25) is 10.0 Å². The maximum Gasteiger partial charge on any atom is 0.253 e. The third-order valence-corrected chi connectivity index (χ3v) is 7.66. The molecule has 1 fully saturated rings. The number of halogens is 2. The average Bonchev–Trinajstić information content (AvgIpc) is 3.26. The molecule has 29 heavy (non-hydrogen) atoms. The van der Waals surface area contributed by atoms with Crippen molar-refractivity contribution in [1.29, 1.82) is 0 Å². The second kappa shape index (κ2) is 8.92. The van der Waals surface area contributed by atoms with Crippen LogP contribution in [-0.4, -0.2) is 50.8 Å². The normalized spacial score (nSPS) is 14.8. The van der Waals surface area contributed by atoms with Crippen molar-refractivity contribution in [2.24, 2.45) is 0 Å². The fourth-order valence-electron chi connectivity index (χ4n) is 3.30. The molecule has 2 aromatic rings. The van der Waals surface area contributed by atoms with Crippen molar-refractivity contribution in [2.75, 3.05) is 27.2 Å². The van der Waals surface area contributed by atoms with E-state index in [-0.39, 0.29) is 28.7 Å². The highest BCUT2D eigenvalue weighted by molar-refractivity contribution is 7.89. The third kappa shape index (κ3) is 4.53. The van der Waals surface area contributed by atoms with Gasteiger partial charge in [0.1, 0.15) is 10.6 Å². The van der Waals surface area contributed by atoms with E-state index in [0.717, 1.165) is 12.8 Å². The van der Waals surface area contributed by atoms with Crippen molar-refractivity contribution in [3.63, 3.8) is 0 Å². The van der Waals surface area contributed by atoms with E-state index in [1.807, 2.05) is 0 Å². The van der Waals surface area contributed by atoms with Gasteiger partial charge in [-0.2, -0.15) is 4.31 Å². The third-order valence-electron chi connectivity index (χ3n) is 4.88. The summed E-state index contributed by atoms with van der Waals surface area (Å²) in [6.45, 7) is 1.17. The highest BCUT2D eigenvalue weighted by Gasteiger charge is 2.31. The molecule has 0 aliphatic carbocycles. The number of sulfonamides is 1. The number of nitrogens with zero attached hydrogens (tertiary/aromatic N) is 2. The standard InChI is InChI=1S/C20H22Cl2N2O4S/c1-23(13-15-6-5-7-16(21)19(15)22)20(25)14-8-9-17(28-2)18(12-14)29(26,27)24-10-3-4-11-24/h5-9,12H,3-4,10-11,13H2,1-2H3. The molecule has 1 aliphatic heterocycles. The molecule has 0 radical (unpaired) electrons. The molecule has 9 heteroatoms. The summed E-state index contributed by atoms with van der Waals surface area (Å²) in [6.07, 6.45) is 1.65. The van der Waals surface area contributed by atoms with E-state index in [9.17, 15) is 13.2 Å². The minimum Gasteiger partial charge on any atom is -0.495 e. The number of carbonyl (C=O) groups excluding carboxylic acids is 1. The summed E-state index contributed by atoms with van der Waals surface area (Å²) in [6, 6.07) is 9.67. The molecule has 1 amide bonds. The van der Waals surface area contributed by atoms with Gasteiger partial charge in [-0.1, -0.05) is 35.3 Å². The van der Waals surface area contributed by atoms with E-state index in [4.69, 9.17) is 27.9 Å². The van der Waals surface area contributed by atoms with Crippen LogP contribution in [0.4, 0.5) is 0 Å². The van der Waals surface area contributed by atoms with Crippen LogP contribution in [0.1, 0.15) is 28.8 Å². The van der Waals surface area contributed by atoms with E-state index in [2.05, 4.69) is 0 Å². The molecule has 3 rings (SSSR count). The van der Waals surface area contributed by atoms with Crippen LogP contribution >= 0.6 is 23.2 Å². The molecule has 0 spiro atoms. The minimum absolute atomic E-state index is 0.00179. The van der Waals surface area contributed by atoms with Gasteiger partial charge in [0.25, 0.3) is 5.91 Å². The van der Waals surface area contributed by atoms with Crippen LogP contribution in [0.15, 0.2) is 41.3 Å². The maximum atomic E-state index is 13.0. The molecule has 0 bridgehead atoms. The highest BCUT2D eigenvalue weighted by atomic mass is 35.5. The fraction of sp³-hybridized carbons (Fsp3) is 0.350. The van der Waals surface area contributed by atoms with Crippen LogP contribution in [0.2, 0.25) is 10.0 Å². The summed E-state index contributed by atoms with van der Waals surface area (Å²) in [7, 11) is -0.702. The number of amides is 1. The molecule has 1 saturated heterocycles. The predicted molar refractivity (Wildman–Crippen MR) is 113 cm³/mol. The number of ether oxygens (including phenoxy) is 1. The average molecular weight is 457 g/mol. The van der Waals surface area contributed by atoms with Crippen molar-refractivity contribution in [3.8, 4) is 5.75 Å². The van der Waals surface area contributed by atoms with Gasteiger partial charge in [-0.05, 0) is 42.7 Å². The molecule has 0 atom stereocenters. The largest absolute Gasteiger partial charge is 0.495 e. The zero-order valence-corrected chi connectivity index (χ0v) is 18.5. The van der Waals surface area contributed by atoms with Crippen LogP contribution in [0.5, 0.6) is 5.75 Å². The molecule has 1 heterocycles. The SMILES string of the molecule is COc1ccc(C(=O)N(C)Cc2cccc(Cl)c2Cl)cc1S(=O)(=O)N1CCCC1. The van der Waals surface area contributed by atoms with Crippen molar-refractivity contribution >= 4 is 39.1 Å². The van der Waals surface area contributed by atoms with Gasteiger partial charge in [-0.3, -0.25) is 4.79 Å². The monoisotopic (exact) mass is 456 g/mol. The number of carbonyl (C=O) groups is 1. The number of hydrogen-bond acceptors (Lipinski definition) is 4. The highest BCUT2D eigenvalue weighted by Crippen LogP contribution is 2.31. The zero-order valence-electron chi connectivity index (χ0n) is 16.2. The Morgan fingerprint density at radius 3 is 2.52 bits per heavy atom. The maximum absolute atomic E-state index is 13.0. The molecule has 156 valence electrons. The molecule has 0 unspecified atom stereocenters. The first-order valence-electron chi connectivity index (χ1n) is 9.12. The topological polar surface area (TPSA) is 66.9 Å². The van der Waals surface area contributed by atoms with Gasteiger partial charge in [-0.15, -0.1) is 0 Å². The lowest BCUT2D eigenvalue weighted by Crippen LogP contribution is -2.29. The molecule has 6 nitrogen and oxygen atoms in total. The first-order chi connectivity index (χ1) is 13.8. The van der Waals surface area contributed by atoms with Crippen molar-refractivity contribution in [3.05, 3.63) is 57.6 Å². The van der Waals surface area contributed by atoms with Gasteiger partial charge in [0, 0.05) is 32.2 Å². The number of methoxy groups -OCH3 is 1. The van der Waals surface area contributed by atoms with E-state index < -0.39 is 10.0 Å². The molecular weight excluding hydrogens is 435 g/mol. The Hall–Kier alpha value is -1.80. The summed E-state index contributed by atoms with van der Waals surface area (Å²) in [4.78, 5) is 14.4. The first-order valence-corrected chi connectivity index (χ1v) is 11.3. The Morgan fingerprint density at radius 1 is 1.17 bits per heavy atom. The number of rotatable bonds is 6. The van der Waals surface area contributed by atoms with Crippen molar-refractivity contribution in [1.82, 2.24) is 9.21 Å². The van der Waals surface area contributed by atoms with Gasteiger partial charge in [0.15, 0.2) is 0 Å². The Bertz CT molecular complexity index is 1020. The summed E-state index contributed by atoms with van der Waals surface area (Å²) in [5.74, 6) is -0.115. The Balaban J connectivity index is 1.90. The fourth-order valence-corrected chi connectivity index (χ4v) is 5.38. The summed E-state index contributed by atoms with van der Waals surface area (Å²) < 4.78 is 32.7. The van der Waals surface area contributed by atoms with Crippen LogP contribution in [0.3, 0.4) is 0 Å². The van der Waals surface area contributed by atoms with Gasteiger partial charge in [-0.25, -0.2) is 8.42 Å². The molecule has 1 aliphatic rings. The van der Waals surface area contributed by atoms with Gasteiger partial charge >= 0.3 is 0 Å². The predicted octanol–water partition coefficient (Wildman–Crippen LogP) is 4.06. The minimum atomic E-state index is -3.74. The quantitative estimate of drug-likeness (QED) is 0.656. The van der Waals surface area contributed by atoms with Crippen LogP contribution in [0.25, 0.3) is 0 Å². The van der Waals surface area contributed by atoms with Crippen molar-refractivity contribution < 1.29 is 17.9 Å². The van der Waals surface area contributed by atoms with Crippen LogP contribution in [0, 0.1) is 0 Å². The van der Waals surface area contributed by atoms with Crippen molar-refractivity contribution in [2.45, 2.75) is 24.3 Å². The molecular formula is C20H22Cl2N2O4S. The summed E-state index contributed by atoms with van der Waals surface area (Å²) >= 11 is 12.3. The van der Waals surface area contributed by atoms with Crippen LogP contribution in [-0.2, 0) is 16.6 Å². The molecule has 2 aromatic carbocycles. The Kier molecular flexibility index (Phi) is 6.73. The number of hydrogen-bond donors (Lipinski definition) is 0.